The van der Waals surface area contributed by atoms with E-state index in [1.165, 1.54) is 22.2 Å². The molecular formula is C22H19N3O2S. The number of rotatable bonds is 4. The van der Waals surface area contributed by atoms with Gasteiger partial charge in [0.2, 0.25) is 5.91 Å². The number of likely N-dealkylation sites (N-methyl/N-ethyl adjacent to an activating group) is 1. The number of benzene rings is 2. The quantitative estimate of drug-likeness (QED) is 0.528. The normalized spacial score (nSPS) is 10.9. The standard InChI is InChI=1S/C22H19N3O2S/c1-15-19-21(28-20(15)16-9-5-3-6-10-16)23-14-25(22(19)27)13-18(26)24(2)17-11-7-4-8-12-17/h3-12,14H,13H2,1-2H3. The van der Waals surface area contributed by atoms with Gasteiger partial charge in [-0.15, -0.1) is 11.3 Å². The maximum atomic E-state index is 13.0. The Morgan fingerprint density at radius 2 is 1.71 bits per heavy atom. The number of para-hydroxylation sites is 1. The molecule has 140 valence electrons. The average Bonchev–Trinajstić information content (AvgIpc) is 3.08. The molecule has 2 heterocycles. The van der Waals surface area contributed by atoms with Crippen LogP contribution in [0.3, 0.4) is 0 Å². The zero-order chi connectivity index (χ0) is 19.7. The molecule has 6 heteroatoms. The van der Waals surface area contributed by atoms with Gasteiger partial charge >= 0.3 is 0 Å². The van der Waals surface area contributed by atoms with E-state index < -0.39 is 0 Å². The molecule has 0 radical (unpaired) electrons. The maximum Gasteiger partial charge on any atom is 0.262 e. The number of carbonyl (C=O) groups excluding carboxylic acids is 1. The molecule has 0 spiro atoms. The summed E-state index contributed by atoms with van der Waals surface area (Å²) in [6, 6.07) is 19.3. The predicted molar refractivity (Wildman–Crippen MR) is 114 cm³/mol. The van der Waals surface area contributed by atoms with Gasteiger partial charge in [-0.05, 0) is 30.2 Å². The van der Waals surface area contributed by atoms with Crippen LogP contribution >= 0.6 is 11.3 Å². The molecule has 0 N–H and O–H groups in total. The third kappa shape index (κ3) is 3.23. The van der Waals surface area contributed by atoms with E-state index in [-0.39, 0.29) is 18.0 Å². The van der Waals surface area contributed by atoms with Crippen LogP contribution in [0.1, 0.15) is 5.56 Å². The number of aryl methyl sites for hydroxylation is 1. The highest BCUT2D eigenvalue weighted by molar-refractivity contribution is 7.22. The molecular weight excluding hydrogens is 370 g/mol. The Morgan fingerprint density at radius 1 is 1.07 bits per heavy atom. The van der Waals surface area contributed by atoms with Gasteiger partial charge < -0.3 is 4.90 Å². The lowest BCUT2D eigenvalue weighted by atomic mass is 10.1. The second-order valence-electron chi connectivity index (χ2n) is 6.57. The fourth-order valence-electron chi connectivity index (χ4n) is 3.18. The van der Waals surface area contributed by atoms with Crippen LogP contribution in [0.4, 0.5) is 5.69 Å². The largest absolute Gasteiger partial charge is 0.314 e. The number of amides is 1. The van der Waals surface area contributed by atoms with Crippen molar-refractivity contribution in [2.45, 2.75) is 13.5 Å². The van der Waals surface area contributed by atoms with Crippen molar-refractivity contribution in [2.75, 3.05) is 11.9 Å². The minimum atomic E-state index is -0.184. The Kier molecular flexibility index (Phi) is 4.79. The summed E-state index contributed by atoms with van der Waals surface area (Å²) in [5.74, 6) is -0.175. The van der Waals surface area contributed by atoms with E-state index in [0.29, 0.717) is 10.2 Å². The number of hydrogen-bond donors (Lipinski definition) is 0. The SMILES string of the molecule is Cc1c(-c2ccccc2)sc2ncn(CC(=O)N(C)c3ccccc3)c(=O)c12. The van der Waals surface area contributed by atoms with Gasteiger partial charge in [0, 0.05) is 17.6 Å². The van der Waals surface area contributed by atoms with Crippen molar-refractivity contribution in [1.29, 1.82) is 0 Å². The lowest BCUT2D eigenvalue weighted by Crippen LogP contribution is -2.34. The minimum Gasteiger partial charge on any atom is -0.314 e. The van der Waals surface area contributed by atoms with Crippen LogP contribution in [0.15, 0.2) is 71.8 Å². The molecule has 0 aliphatic rings. The summed E-state index contributed by atoms with van der Waals surface area (Å²) in [4.78, 5) is 33.4. The molecule has 2 aromatic heterocycles. The van der Waals surface area contributed by atoms with Crippen LogP contribution in [0.25, 0.3) is 20.7 Å². The van der Waals surface area contributed by atoms with Crippen molar-refractivity contribution in [1.82, 2.24) is 9.55 Å². The number of thiophene rings is 1. The summed E-state index contributed by atoms with van der Waals surface area (Å²) in [5.41, 5.74) is 2.57. The van der Waals surface area contributed by atoms with Crippen LogP contribution in [0, 0.1) is 6.92 Å². The van der Waals surface area contributed by atoms with E-state index in [4.69, 9.17) is 0 Å². The van der Waals surface area contributed by atoms with Crippen LogP contribution in [-0.4, -0.2) is 22.5 Å². The number of aromatic nitrogens is 2. The maximum absolute atomic E-state index is 13.0. The first-order chi connectivity index (χ1) is 13.6. The third-order valence-corrected chi connectivity index (χ3v) is 6.03. The number of hydrogen-bond acceptors (Lipinski definition) is 4. The second kappa shape index (κ2) is 7.40. The smallest absolute Gasteiger partial charge is 0.262 e. The fraction of sp³-hybridized carbons (Fsp3) is 0.136. The molecule has 0 atom stereocenters. The predicted octanol–water partition coefficient (Wildman–Crippen LogP) is 4.10. The molecule has 0 saturated heterocycles. The molecule has 28 heavy (non-hydrogen) atoms. The molecule has 0 saturated carbocycles. The first-order valence-electron chi connectivity index (χ1n) is 8.92. The molecule has 1 amide bonds. The first kappa shape index (κ1) is 18.1. The molecule has 5 nitrogen and oxygen atoms in total. The summed E-state index contributed by atoms with van der Waals surface area (Å²) in [6.07, 6.45) is 1.46. The van der Waals surface area contributed by atoms with Gasteiger partial charge in [0.1, 0.15) is 11.4 Å². The zero-order valence-corrected chi connectivity index (χ0v) is 16.4. The summed E-state index contributed by atoms with van der Waals surface area (Å²) >= 11 is 1.50. The fourth-order valence-corrected chi connectivity index (χ4v) is 4.33. The minimum absolute atomic E-state index is 0.0525. The molecule has 0 fully saturated rings. The Bertz CT molecular complexity index is 1200. The van der Waals surface area contributed by atoms with Crippen molar-refractivity contribution in [3.05, 3.63) is 82.9 Å². The van der Waals surface area contributed by atoms with Gasteiger partial charge in [-0.3, -0.25) is 14.2 Å². The lowest BCUT2D eigenvalue weighted by Gasteiger charge is -2.17. The summed E-state index contributed by atoms with van der Waals surface area (Å²) in [7, 11) is 1.71. The molecule has 0 aliphatic heterocycles. The summed E-state index contributed by atoms with van der Waals surface area (Å²) in [5, 5.41) is 0.585. The van der Waals surface area contributed by atoms with Crippen molar-refractivity contribution < 1.29 is 4.79 Å². The first-order valence-corrected chi connectivity index (χ1v) is 9.73. The van der Waals surface area contributed by atoms with Crippen molar-refractivity contribution in [2.24, 2.45) is 0 Å². The molecule has 2 aromatic carbocycles. The van der Waals surface area contributed by atoms with E-state index >= 15 is 0 Å². The van der Waals surface area contributed by atoms with E-state index in [0.717, 1.165) is 21.7 Å². The van der Waals surface area contributed by atoms with E-state index in [2.05, 4.69) is 4.98 Å². The third-order valence-electron chi connectivity index (χ3n) is 4.78. The van der Waals surface area contributed by atoms with Gasteiger partial charge in [-0.2, -0.15) is 0 Å². The Hall–Kier alpha value is -3.25. The van der Waals surface area contributed by atoms with E-state index in [1.54, 1.807) is 11.9 Å². The van der Waals surface area contributed by atoms with Crippen molar-refractivity contribution in [3.63, 3.8) is 0 Å². The number of nitrogens with zero attached hydrogens (tertiary/aromatic N) is 3. The van der Waals surface area contributed by atoms with Gasteiger partial charge in [-0.1, -0.05) is 48.5 Å². The molecule has 4 aromatic rings. The molecule has 0 aliphatic carbocycles. The number of carbonyl (C=O) groups is 1. The van der Waals surface area contributed by atoms with Crippen LogP contribution < -0.4 is 10.5 Å². The van der Waals surface area contributed by atoms with Gasteiger partial charge in [0.15, 0.2) is 0 Å². The Balaban J connectivity index is 1.69. The second-order valence-corrected chi connectivity index (χ2v) is 7.57. The summed E-state index contributed by atoms with van der Waals surface area (Å²) < 4.78 is 1.39. The average molecular weight is 389 g/mol. The molecule has 0 unspecified atom stereocenters. The van der Waals surface area contributed by atoms with Gasteiger partial charge in [0.25, 0.3) is 5.56 Å². The lowest BCUT2D eigenvalue weighted by molar-refractivity contribution is -0.118. The van der Waals surface area contributed by atoms with Crippen molar-refractivity contribution >= 4 is 33.1 Å². The highest BCUT2D eigenvalue weighted by Gasteiger charge is 2.18. The van der Waals surface area contributed by atoms with Crippen LogP contribution in [0.2, 0.25) is 0 Å². The van der Waals surface area contributed by atoms with Gasteiger partial charge in [-0.25, -0.2) is 4.98 Å². The van der Waals surface area contributed by atoms with E-state index in [1.807, 2.05) is 67.6 Å². The highest BCUT2D eigenvalue weighted by Crippen LogP contribution is 2.35. The number of anilines is 1. The van der Waals surface area contributed by atoms with Crippen molar-refractivity contribution in [3.8, 4) is 10.4 Å². The molecule has 4 rings (SSSR count). The highest BCUT2D eigenvalue weighted by atomic mass is 32.1. The van der Waals surface area contributed by atoms with Gasteiger partial charge in [0.05, 0.1) is 11.7 Å². The number of fused-ring (bicyclic) bond motifs is 1. The monoisotopic (exact) mass is 389 g/mol. The Labute approximate surface area is 166 Å². The zero-order valence-electron chi connectivity index (χ0n) is 15.6. The summed E-state index contributed by atoms with van der Waals surface area (Å²) in [6.45, 7) is 1.88. The van der Waals surface area contributed by atoms with E-state index in [9.17, 15) is 9.59 Å². The van der Waals surface area contributed by atoms with Crippen LogP contribution in [-0.2, 0) is 11.3 Å². The topological polar surface area (TPSA) is 55.2 Å². The Morgan fingerprint density at radius 3 is 2.39 bits per heavy atom. The molecule has 0 bridgehead atoms. The van der Waals surface area contributed by atoms with Crippen LogP contribution in [0.5, 0.6) is 0 Å².